The van der Waals surface area contributed by atoms with E-state index in [1.54, 1.807) is 0 Å². The molecule has 0 bridgehead atoms. The second kappa shape index (κ2) is 13.1. The highest BCUT2D eigenvalue weighted by Gasteiger charge is 2.22. The maximum atomic E-state index is 5.13. The highest BCUT2D eigenvalue weighted by Crippen LogP contribution is 2.40. The van der Waals surface area contributed by atoms with Crippen molar-refractivity contribution in [2.45, 2.75) is 12.8 Å². The number of pyridine rings is 1. The molecule has 0 atom stereocenters. The molecule has 0 aliphatic heterocycles. The highest BCUT2D eigenvalue weighted by atomic mass is 15.1. The van der Waals surface area contributed by atoms with Gasteiger partial charge < -0.3 is 4.57 Å². The van der Waals surface area contributed by atoms with Crippen LogP contribution in [0.1, 0.15) is 17.7 Å². The van der Waals surface area contributed by atoms with Gasteiger partial charge in [0.05, 0.1) is 16.6 Å². The second-order valence-electron chi connectivity index (χ2n) is 14.2. The smallest absolute Gasteiger partial charge is 0.165 e. The molecule has 0 saturated heterocycles. The molecule has 0 spiro atoms. The first-order valence-electron chi connectivity index (χ1n) is 19.0. The van der Waals surface area contributed by atoms with Crippen molar-refractivity contribution in [2.24, 2.45) is 0 Å². The van der Waals surface area contributed by atoms with E-state index in [-0.39, 0.29) is 0 Å². The van der Waals surface area contributed by atoms with E-state index in [9.17, 15) is 0 Å². The molecule has 0 fully saturated rings. The molecule has 1 aliphatic rings. The first-order chi connectivity index (χ1) is 27.8. The van der Waals surface area contributed by atoms with Crippen LogP contribution in [-0.2, 0) is 6.42 Å². The molecule has 6 aromatic carbocycles. The minimum atomic E-state index is 0.571. The van der Waals surface area contributed by atoms with E-state index in [0.717, 1.165) is 57.5 Å². The average Bonchev–Trinajstić information content (AvgIpc) is 3.78. The van der Waals surface area contributed by atoms with Gasteiger partial charge in [-0.25, -0.2) is 19.9 Å². The molecule has 264 valence electrons. The Morgan fingerprint density at radius 2 is 1.07 bits per heavy atom. The van der Waals surface area contributed by atoms with Crippen molar-refractivity contribution >= 4 is 38.8 Å². The average molecular weight is 719 g/mol. The summed E-state index contributed by atoms with van der Waals surface area (Å²) in [6.45, 7) is 0. The number of aromatic nitrogens is 6. The number of nitrogens with zero attached hydrogens (tertiary/aromatic N) is 6. The van der Waals surface area contributed by atoms with E-state index >= 15 is 0 Å². The Bertz CT molecular complexity index is 3110. The summed E-state index contributed by atoms with van der Waals surface area (Å²) in [4.78, 5) is 20.2. The molecule has 0 radical (unpaired) electrons. The lowest BCUT2D eigenvalue weighted by atomic mass is 10.0. The lowest BCUT2D eigenvalue weighted by Gasteiger charge is -2.13. The number of benzene rings is 6. The minimum absolute atomic E-state index is 0.571. The van der Waals surface area contributed by atoms with Crippen molar-refractivity contribution in [3.05, 3.63) is 187 Å². The fourth-order valence-electron chi connectivity index (χ4n) is 8.27. The molecule has 0 unspecified atom stereocenters. The third-order valence-electron chi connectivity index (χ3n) is 10.9. The van der Waals surface area contributed by atoms with Gasteiger partial charge in [0, 0.05) is 56.0 Å². The molecule has 56 heavy (non-hydrogen) atoms. The Morgan fingerprint density at radius 3 is 1.84 bits per heavy atom. The van der Waals surface area contributed by atoms with Crippen molar-refractivity contribution in [3.63, 3.8) is 0 Å². The van der Waals surface area contributed by atoms with Gasteiger partial charge in [0.2, 0.25) is 0 Å². The molecule has 11 rings (SSSR count). The normalized spacial score (nSPS) is 12.4. The molecule has 4 aromatic heterocycles. The third-order valence-corrected chi connectivity index (χ3v) is 10.9. The summed E-state index contributed by atoms with van der Waals surface area (Å²) in [5.74, 6) is 2.63. The number of allylic oxidation sites excluding steroid dienone is 1. The number of rotatable bonds is 6. The van der Waals surface area contributed by atoms with Crippen molar-refractivity contribution in [1.29, 1.82) is 0 Å². The van der Waals surface area contributed by atoms with E-state index in [4.69, 9.17) is 19.9 Å². The fourth-order valence-corrected chi connectivity index (χ4v) is 8.27. The van der Waals surface area contributed by atoms with Crippen LogP contribution in [0.4, 0.5) is 0 Å². The molecular formula is C50H34N6. The van der Waals surface area contributed by atoms with Crippen LogP contribution in [-0.4, -0.2) is 29.1 Å². The topological polar surface area (TPSA) is 61.4 Å². The minimum Gasteiger partial charge on any atom is -0.313 e. The van der Waals surface area contributed by atoms with Gasteiger partial charge in [0.25, 0.3) is 0 Å². The van der Waals surface area contributed by atoms with Crippen LogP contribution in [0.25, 0.3) is 95.6 Å². The van der Waals surface area contributed by atoms with Crippen molar-refractivity contribution < 1.29 is 0 Å². The maximum absolute atomic E-state index is 5.13. The Kier molecular flexibility index (Phi) is 7.52. The van der Waals surface area contributed by atoms with Gasteiger partial charge in [-0.3, -0.25) is 4.57 Å². The van der Waals surface area contributed by atoms with Crippen LogP contribution in [0, 0.1) is 0 Å². The fraction of sp³-hybridized carbons (Fsp3) is 0.0400. The SMILES string of the molecule is C1=Cc2c(n(-c3ccccc3)c3cc4c(cc23)c2ccccc2n4-c2ccc(-c3nc(-c4ccccc4)nc(-c4cccc(-c5ccccc5)c4)n3)cn2)CC1. The van der Waals surface area contributed by atoms with Crippen molar-refractivity contribution in [1.82, 2.24) is 29.1 Å². The maximum Gasteiger partial charge on any atom is 0.165 e. The zero-order valence-electron chi connectivity index (χ0n) is 30.4. The molecule has 1 aliphatic carbocycles. The summed E-state index contributed by atoms with van der Waals surface area (Å²) in [7, 11) is 0. The van der Waals surface area contributed by atoms with E-state index < -0.39 is 0 Å². The largest absolute Gasteiger partial charge is 0.313 e. The third kappa shape index (κ3) is 5.34. The summed E-state index contributed by atoms with van der Waals surface area (Å²) in [5, 5.41) is 3.68. The molecule has 4 heterocycles. The molecule has 0 saturated carbocycles. The summed E-state index contributed by atoms with van der Waals surface area (Å²) < 4.78 is 4.73. The number of hydrogen-bond donors (Lipinski definition) is 0. The van der Waals surface area contributed by atoms with Gasteiger partial charge in [-0.1, -0.05) is 127 Å². The van der Waals surface area contributed by atoms with Crippen LogP contribution >= 0.6 is 0 Å². The molecular weight excluding hydrogens is 685 g/mol. The van der Waals surface area contributed by atoms with E-state index in [0.29, 0.717) is 17.5 Å². The summed E-state index contributed by atoms with van der Waals surface area (Å²) in [6, 6.07) is 57.1. The summed E-state index contributed by atoms with van der Waals surface area (Å²) in [5.41, 5.74) is 12.2. The van der Waals surface area contributed by atoms with Crippen LogP contribution in [0.5, 0.6) is 0 Å². The zero-order chi connectivity index (χ0) is 37.0. The van der Waals surface area contributed by atoms with Crippen molar-refractivity contribution in [2.75, 3.05) is 0 Å². The first kappa shape index (κ1) is 32.0. The van der Waals surface area contributed by atoms with E-state index in [1.807, 2.05) is 42.6 Å². The van der Waals surface area contributed by atoms with Crippen LogP contribution in [0.2, 0.25) is 0 Å². The lowest BCUT2D eigenvalue weighted by molar-refractivity contribution is 0.888. The van der Waals surface area contributed by atoms with Gasteiger partial charge in [-0.05, 0) is 72.5 Å². The van der Waals surface area contributed by atoms with E-state index in [2.05, 4.69) is 149 Å². The molecule has 0 amide bonds. The van der Waals surface area contributed by atoms with Crippen LogP contribution < -0.4 is 0 Å². The monoisotopic (exact) mass is 718 g/mol. The first-order valence-corrected chi connectivity index (χ1v) is 19.0. The predicted octanol–water partition coefficient (Wildman–Crippen LogP) is 11.9. The lowest BCUT2D eigenvalue weighted by Crippen LogP contribution is -2.03. The van der Waals surface area contributed by atoms with Gasteiger partial charge in [-0.15, -0.1) is 0 Å². The van der Waals surface area contributed by atoms with Gasteiger partial charge in [0.15, 0.2) is 17.5 Å². The summed E-state index contributed by atoms with van der Waals surface area (Å²) in [6.07, 6.45) is 8.54. The number of fused-ring (bicyclic) bond motifs is 6. The van der Waals surface area contributed by atoms with E-state index in [1.165, 1.54) is 38.6 Å². The zero-order valence-corrected chi connectivity index (χ0v) is 30.4. The Hall–Kier alpha value is -7.44. The summed E-state index contributed by atoms with van der Waals surface area (Å²) >= 11 is 0. The Morgan fingerprint density at radius 1 is 0.429 bits per heavy atom. The van der Waals surface area contributed by atoms with Gasteiger partial charge in [-0.2, -0.15) is 0 Å². The number of para-hydroxylation sites is 2. The Balaban J connectivity index is 1.06. The second-order valence-corrected chi connectivity index (χ2v) is 14.2. The quantitative estimate of drug-likeness (QED) is 0.172. The molecule has 0 N–H and O–H groups in total. The van der Waals surface area contributed by atoms with Crippen molar-refractivity contribution in [3.8, 4) is 56.8 Å². The predicted molar refractivity (Wildman–Crippen MR) is 228 cm³/mol. The number of hydrogen-bond acceptors (Lipinski definition) is 4. The molecule has 6 heteroatoms. The molecule has 6 nitrogen and oxygen atoms in total. The van der Waals surface area contributed by atoms with Gasteiger partial charge >= 0.3 is 0 Å². The Labute approximate surface area is 323 Å². The standard InChI is InChI=1S/C50H34N6/c1-4-15-33(16-5-1)35-19-14-20-36(29-35)49-52-48(34-17-6-2-7-18-34)53-50(54-49)37-27-28-47(51-32-37)56-44-26-13-11-24-40(44)42-30-41-39-23-10-12-25-43(39)55(45(41)31-46(42)56)38-21-8-3-9-22-38/h1-11,13-24,26-32H,12,25H2. The van der Waals surface area contributed by atoms with Gasteiger partial charge in [0.1, 0.15) is 5.82 Å². The van der Waals surface area contributed by atoms with Crippen LogP contribution in [0.15, 0.2) is 176 Å². The van der Waals surface area contributed by atoms with Crippen LogP contribution in [0.3, 0.4) is 0 Å². The highest BCUT2D eigenvalue weighted by molar-refractivity contribution is 6.14. The molecule has 10 aromatic rings.